The molecule has 0 aliphatic heterocycles. The maximum Gasteiger partial charge on any atom is 0.404 e. The van der Waals surface area contributed by atoms with Crippen LogP contribution in [0.1, 0.15) is 76.8 Å². The van der Waals surface area contributed by atoms with Gasteiger partial charge in [0.1, 0.15) is 0 Å². The highest BCUT2D eigenvalue weighted by molar-refractivity contribution is 7.89. The number of carboxylic acid groups (broad SMARTS) is 1. The fraction of sp³-hybridized carbons (Fsp3) is 0.560. The minimum Gasteiger partial charge on any atom is -0.465 e. The molecule has 11 heteroatoms. The summed E-state index contributed by atoms with van der Waals surface area (Å²) in [5.41, 5.74) is 0.479. The number of nitrogens with zero attached hydrogens (tertiary/aromatic N) is 1. The molecule has 0 radical (unpaired) electrons. The number of sulfonamides is 1. The fourth-order valence-electron chi connectivity index (χ4n) is 4.38. The number of carbonyl (C=O) groups is 2. The van der Waals surface area contributed by atoms with Crippen molar-refractivity contribution >= 4 is 33.4 Å². The summed E-state index contributed by atoms with van der Waals surface area (Å²) >= 11 is 1.46. The average molecular weight is 537 g/mol. The lowest BCUT2D eigenvalue weighted by molar-refractivity contribution is -0.120. The molecule has 1 fully saturated rings. The van der Waals surface area contributed by atoms with Crippen LogP contribution in [-0.4, -0.2) is 48.1 Å². The van der Waals surface area contributed by atoms with Gasteiger partial charge in [-0.15, -0.1) is 11.3 Å². The molecule has 2 aromatic rings. The zero-order valence-corrected chi connectivity index (χ0v) is 23.1. The van der Waals surface area contributed by atoms with Crippen LogP contribution in [0.15, 0.2) is 29.3 Å². The van der Waals surface area contributed by atoms with Crippen LogP contribution < -0.4 is 15.4 Å². The number of hydrogen-bond donors (Lipinski definition) is 4. The predicted molar refractivity (Wildman–Crippen MR) is 141 cm³/mol. The maximum absolute atomic E-state index is 13.4. The highest BCUT2D eigenvalue weighted by Crippen LogP contribution is 2.39. The van der Waals surface area contributed by atoms with Crippen molar-refractivity contribution in [1.29, 1.82) is 0 Å². The van der Waals surface area contributed by atoms with E-state index in [0.29, 0.717) is 11.1 Å². The third-order valence-electron chi connectivity index (χ3n) is 5.78. The van der Waals surface area contributed by atoms with Crippen molar-refractivity contribution in [2.24, 2.45) is 0 Å². The van der Waals surface area contributed by atoms with Crippen molar-refractivity contribution in [3.8, 4) is 10.4 Å². The van der Waals surface area contributed by atoms with Gasteiger partial charge in [-0.2, -0.15) is 0 Å². The van der Waals surface area contributed by atoms with E-state index in [0.717, 1.165) is 35.6 Å². The van der Waals surface area contributed by atoms with Gasteiger partial charge in [-0.1, -0.05) is 12.1 Å². The van der Waals surface area contributed by atoms with Crippen molar-refractivity contribution in [3.63, 3.8) is 0 Å². The van der Waals surface area contributed by atoms with Gasteiger partial charge in [0.2, 0.25) is 15.9 Å². The maximum atomic E-state index is 13.4. The summed E-state index contributed by atoms with van der Waals surface area (Å²) in [5.74, 6) is 0.0419. The van der Waals surface area contributed by atoms with E-state index in [1.54, 1.807) is 45.2 Å². The summed E-state index contributed by atoms with van der Waals surface area (Å²) in [7, 11) is -3.88. The van der Waals surface area contributed by atoms with Crippen LogP contribution in [-0.2, 0) is 21.2 Å². The minimum atomic E-state index is -3.88. The van der Waals surface area contributed by atoms with Crippen LogP contribution in [0.5, 0.6) is 0 Å². The molecule has 1 aromatic carbocycles. The Bertz CT molecular complexity index is 1190. The summed E-state index contributed by atoms with van der Waals surface area (Å²) in [6.07, 6.45) is 3.91. The Morgan fingerprint density at radius 3 is 2.42 bits per heavy atom. The minimum absolute atomic E-state index is 0.00637. The molecule has 1 heterocycles. The second kappa shape index (κ2) is 11.3. The van der Waals surface area contributed by atoms with Crippen molar-refractivity contribution in [2.75, 3.05) is 0 Å². The van der Waals surface area contributed by atoms with Crippen LogP contribution in [0.25, 0.3) is 10.4 Å². The van der Waals surface area contributed by atoms with E-state index in [1.807, 2.05) is 13.8 Å². The topological polar surface area (TPSA) is 137 Å². The van der Waals surface area contributed by atoms with Crippen LogP contribution in [0.3, 0.4) is 0 Å². The number of thiazole rings is 1. The second-order valence-electron chi connectivity index (χ2n) is 10.6. The van der Waals surface area contributed by atoms with Crippen molar-refractivity contribution in [3.05, 3.63) is 35.0 Å². The highest BCUT2D eigenvalue weighted by atomic mass is 32.2. The van der Waals surface area contributed by atoms with Gasteiger partial charge in [0.25, 0.3) is 0 Å². The Kier molecular flexibility index (Phi) is 8.79. The first-order valence-electron chi connectivity index (χ1n) is 12.2. The molecule has 0 spiro atoms. The fourth-order valence-corrected chi connectivity index (χ4v) is 7.26. The van der Waals surface area contributed by atoms with Gasteiger partial charge in [-0.05, 0) is 71.9 Å². The molecule has 0 atom stereocenters. The number of aromatic nitrogens is 1. The van der Waals surface area contributed by atoms with E-state index < -0.39 is 21.7 Å². The predicted octanol–water partition coefficient (Wildman–Crippen LogP) is 4.25. The molecule has 0 unspecified atom stereocenters. The molecule has 9 nitrogen and oxygen atoms in total. The van der Waals surface area contributed by atoms with Gasteiger partial charge >= 0.3 is 6.09 Å². The smallest absolute Gasteiger partial charge is 0.404 e. The molecule has 1 aliphatic carbocycles. The lowest BCUT2D eigenvalue weighted by atomic mass is 9.86. The zero-order chi connectivity index (χ0) is 26.7. The van der Waals surface area contributed by atoms with E-state index in [1.165, 1.54) is 11.3 Å². The summed E-state index contributed by atoms with van der Waals surface area (Å²) in [5, 5.41) is 15.3. The van der Waals surface area contributed by atoms with Crippen molar-refractivity contribution in [2.45, 2.75) is 95.2 Å². The molecule has 2 amide bonds. The van der Waals surface area contributed by atoms with Crippen LogP contribution in [0.2, 0.25) is 0 Å². The molecule has 1 aromatic heterocycles. The molecule has 198 valence electrons. The number of rotatable bonds is 8. The lowest BCUT2D eigenvalue weighted by Gasteiger charge is -2.27. The average Bonchev–Trinajstić information content (AvgIpc) is 3.21. The molecule has 1 aliphatic rings. The Balaban J connectivity index is 1.90. The Hall–Kier alpha value is -2.50. The van der Waals surface area contributed by atoms with E-state index in [4.69, 9.17) is 5.11 Å². The Labute approximate surface area is 217 Å². The number of nitrogens with one attached hydrogen (secondary N) is 3. The molecular formula is C25H36N4O5S2. The normalized spacial score (nSPS) is 18.7. The number of carbonyl (C=O) groups excluding carboxylic acids is 1. The number of amides is 2. The third kappa shape index (κ3) is 7.75. The van der Waals surface area contributed by atoms with Gasteiger partial charge in [0, 0.05) is 35.3 Å². The summed E-state index contributed by atoms with van der Waals surface area (Å²) in [6, 6.07) is 5.06. The quantitative estimate of drug-likeness (QED) is 0.398. The van der Waals surface area contributed by atoms with Gasteiger partial charge in [-0.25, -0.2) is 22.9 Å². The summed E-state index contributed by atoms with van der Waals surface area (Å²) < 4.78 is 29.5. The molecule has 3 rings (SSSR count). The third-order valence-corrected chi connectivity index (χ3v) is 8.77. The first-order chi connectivity index (χ1) is 16.7. The van der Waals surface area contributed by atoms with Crippen LogP contribution >= 0.6 is 11.3 Å². The highest BCUT2D eigenvalue weighted by Gasteiger charge is 2.29. The molecular weight excluding hydrogens is 500 g/mol. The number of hydrogen-bond acceptors (Lipinski definition) is 6. The molecule has 36 heavy (non-hydrogen) atoms. The van der Waals surface area contributed by atoms with Crippen LogP contribution in [0.4, 0.5) is 4.79 Å². The van der Waals surface area contributed by atoms with Gasteiger partial charge in [0.05, 0.1) is 21.2 Å². The van der Waals surface area contributed by atoms with Gasteiger partial charge in [0.15, 0.2) is 0 Å². The molecule has 0 bridgehead atoms. The SMILES string of the molecule is CC(C)NC(=O)Cc1ccc(-c2cnc([C@H]3CC[C@H](NC(=O)O)CC3)s2)c(S(=O)(=O)NC(C)(C)C)c1. The summed E-state index contributed by atoms with van der Waals surface area (Å²) in [4.78, 5) is 28.7. The molecule has 4 N–H and O–H groups in total. The lowest BCUT2D eigenvalue weighted by Crippen LogP contribution is -2.40. The Morgan fingerprint density at radius 1 is 1.17 bits per heavy atom. The summed E-state index contributed by atoms with van der Waals surface area (Å²) in [6.45, 7) is 9.10. The molecule has 0 saturated heterocycles. The van der Waals surface area contributed by atoms with E-state index in [-0.39, 0.29) is 35.2 Å². The van der Waals surface area contributed by atoms with E-state index >= 15 is 0 Å². The number of benzene rings is 1. The van der Waals surface area contributed by atoms with Crippen molar-refractivity contribution in [1.82, 2.24) is 20.3 Å². The first-order valence-corrected chi connectivity index (χ1v) is 14.5. The molecule has 1 saturated carbocycles. The standard InChI is InChI=1S/C25H36N4O5S2/c1-15(2)27-22(30)13-16-6-11-19(21(12-16)36(33,34)29-25(3,4)5)20-14-26-23(35-20)17-7-9-18(10-8-17)28-24(31)32/h6,11-12,14-15,17-18,28-29H,7-10,13H2,1-5H3,(H,27,30)(H,31,32)/t17-,18-. The van der Waals surface area contributed by atoms with Crippen molar-refractivity contribution < 1.29 is 23.1 Å². The monoisotopic (exact) mass is 536 g/mol. The Morgan fingerprint density at radius 2 is 1.83 bits per heavy atom. The van der Waals surface area contributed by atoms with Gasteiger partial charge in [-0.3, -0.25) is 4.79 Å². The van der Waals surface area contributed by atoms with Gasteiger partial charge < -0.3 is 15.7 Å². The zero-order valence-electron chi connectivity index (χ0n) is 21.4. The second-order valence-corrected chi connectivity index (χ2v) is 13.4. The van der Waals surface area contributed by atoms with E-state index in [2.05, 4.69) is 20.3 Å². The van der Waals surface area contributed by atoms with Crippen LogP contribution in [0, 0.1) is 0 Å². The largest absolute Gasteiger partial charge is 0.465 e. The first kappa shape index (κ1) is 28.1. The van der Waals surface area contributed by atoms with E-state index in [9.17, 15) is 18.0 Å².